The predicted molar refractivity (Wildman–Crippen MR) is 115 cm³/mol. The van der Waals surface area contributed by atoms with E-state index in [0.29, 0.717) is 29.1 Å². The molecular weight excluding hydrogens is 494 g/mol. The molecule has 0 radical (unpaired) electrons. The third-order valence-electron chi connectivity index (χ3n) is 5.33. The fourth-order valence-corrected chi connectivity index (χ4v) is 3.24. The van der Waals surface area contributed by atoms with Gasteiger partial charge in [-0.1, -0.05) is 6.92 Å². The second kappa shape index (κ2) is 10.3. The highest BCUT2D eigenvalue weighted by Gasteiger charge is 2.48. The Labute approximate surface area is 199 Å². The number of nitrogens with one attached hydrogen (secondary N) is 1. The summed E-state index contributed by atoms with van der Waals surface area (Å²) in [6.45, 7) is 2.53. The van der Waals surface area contributed by atoms with Crippen molar-refractivity contribution in [2.45, 2.75) is 45.6 Å². The molecule has 7 nitrogen and oxygen atoms in total. The van der Waals surface area contributed by atoms with Crippen molar-refractivity contribution in [3.8, 4) is 17.6 Å². The summed E-state index contributed by atoms with van der Waals surface area (Å²) in [7, 11) is 0. The van der Waals surface area contributed by atoms with Crippen LogP contribution in [0.3, 0.4) is 0 Å². The Hall–Kier alpha value is -4.08. The maximum absolute atomic E-state index is 14.3. The zero-order valence-electron chi connectivity index (χ0n) is 18.8. The summed E-state index contributed by atoms with van der Waals surface area (Å²) in [6.07, 6.45) is -6.31. The summed E-state index contributed by atoms with van der Waals surface area (Å²) >= 11 is 0. The lowest BCUT2D eigenvalue weighted by Crippen LogP contribution is -2.32. The largest absolute Gasteiger partial charge is 0.449 e. The van der Waals surface area contributed by atoms with E-state index in [1.807, 2.05) is 0 Å². The monoisotopic (exact) mass is 512 g/mol. The second-order valence-corrected chi connectivity index (χ2v) is 7.68. The third-order valence-corrected chi connectivity index (χ3v) is 5.33. The van der Waals surface area contributed by atoms with Crippen LogP contribution >= 0.6 is 0 Å². The van der Waals surface area contributed by atoms with E-state index in [9.17, 15) is 41.2 Å². The summed E-state index contributed by atoms with van der Waals surface area (Å²) in [5.41, 5.74) is -4.20. The molecule has 0 aliphatic carbocycles. The number of aromatic nitrogens is 3. The molecule has 2 heterocycles. The lowest BCUT2D eigenvalue weighted by Gasteiger charge is -2.20. The Morgan fingerprint density at radius 1 is 1.19 bits per heavy atom. The average Bonchev–Trinajstić information content (AvgIpc) is 2.83. The van der Waals surface area contributed by atoms with Gasteiger partial charge in [0.2, 0.25) is 5.75 Å². The summed E-state index contributed by atoms with van der Waals surface area (Å²) in [6, 6.07) is 6.14. The summed E-state index contributed by atoms with van der Waals surface area (Å²) in [5.74, 6) is -6.90. The minimum absolute atomic E-state index is 0.0260. The zero-order valence-corrected chi connectivity index (χ0v) is 18.8. The Balaban J connectivity index is 2.21. The lowest BCUT2D eigenvalue weighted by molar-refractivity contribution is -0.139. The van der Waals surface area contributed by atoms with Gasteiger partial charge in [0.05, 0.1) is 24.5 Å². The third kappa shape index (κ3) is 5.12. The van der Waals surface area contributed by atoms with Gasteiger partial charge in [0.15, 0.2) is 5.69 Å². The molecule has 13 heteroatoms. The number of H-pyrrole nitrogens is 1. The van der Waals surface area contributed by atoms with Crippen LogP contribution in [0.5, 0.6) is 11.5 Å². The van der Waals surface area contributed by atoms with Crippen molar-refractivity contribution in [3.05, 3.63) is 84.9 Å². The van der Waals surface area contributed by atoms with Crippen molar-refractivity contribution in [1.82, 2.24) is 14.5 Å². The standard InChI is InChI=1S/C23H18F6N4O3/c1-3-15-5-4-12(20(34)32-15)9-33-10-31-18(23(28,29)22(26)27)17(21(33)35)36-16-7-13(19(24)25)6-14(8-30)11(16)2/h4-7,10,19,22H,3,9H2,1-2H3,(H,32,34). The zero-order chi connectivity index (χ0) is 26.8. The Bertz CT molecular complexity index is 1440. The minimum Gasteiger partial charge on any atom is -0.449 e. The molecule has 0 atom stereocenters. The maximum Gasteiger partial charge on any atom is 0.352 e. The molecule has 0 saturated carbocycles. The molecule has 0 bridgehead atoms. The van der Waals surface area contributed by atoms with Crippen LogP contribution < -0.4 is 15.9 Å². The van der Waals surface area contributed by atoms with Crippen LogP contribution in [0.25, 0.3) is 0 Å². The van der Waals surface area contributed by atoms with Gasteiger partial charge in [-0.05, 0) is 37.6 Å². The van der Waals surface area contributed by atoms with Crippen molar-refractivity contribution in [2.75, 3.05) is 0 Å². The first-order chi connectivity index (χ1) is 16.9. The van der Waals surface area contributed by atoms with Crippen molar-refractivity contribution in [1.29, 1.82) is 5.26 Å². The van der Waals surface area contributed by atoms with E-state index in [1.165, 1.54) is 13.0 Å². The van der Waals surface area contributed by atoms with Gasteiger partial charge in [0, 0.05) is 22.4 Å². The number of aromatic amines is 1. The van der Waals surface area contributed by atoms with E-state index in [1.54, 1.807) is 19.1 Å². The van der Waals surface area contributed by atoms with E-state index in [2.05, 4.69) is 9.97 Å². The molecule has 0 unspecified atom stereocenters. The molecule has 0 saturated heterocycles. The Morgan fingerprint density at radius 2 is 1.89 bits per heavy atom. The smallest absolute Gasteiger partial charge is 0.352 e. The fourth-order valence-electron chi connectivity index (χ4n) is 3.24. The quantitative estimate of drug-likeness (QED) is 0.437. The van der Waals surface area contributed by atoms with Gasteiger partial charge in [-0.25, -0.2) is 22.5 Å². The number of hydrogen-bond acceptors (Lipinski definition) is 5. The lowest BCUT2D eigenvalue weighted by atomic mass is 10.0. The molecule has 0 amide bonds. The maximum atomic E-state index is 14.3. The summed E-state index contributed by atoms with van der Waals surface area (Å²) in [4.78, 5) is 31.2. The van der Waals surface area contributed by atoms with Crippen molar-refractivity contribution in [2.24, 2.45) is 0 Å². The van der Waals surface area contributed by atoms with E-state index in [0.717, 1.165) is 6.07 Å². The molecule has 0 spiro atoms. The molecule has 0 aliphatic rings. The molecule has 190 valence electrons. The van der Waals surface area contributed by atoms with Crippen molar-refractivity contribution in [3.63, 3.8) is 0 Å². The van der Waals surface area contributed by atoms with E-state index in [4.69, 9.17) is 4.74 Å². The number of ether oxygens (including phenoxy) is 1. The van der Waals surface area contributed by atoms with Crippen LogP contribution in [0.15, 0.2) is 40.2 Å². The molecule has 0 aliphatic heterocycles. The number of halogens is 6. The van der Waals surface area contributed by atoms with Crippen LogP contribution in [0.1, 0.15) is 47.0 Å². The van der Waals surface area contributed by atoms with Crippen LogP contribution in [-0.4, -0.2) is 21.0 Å². The molecule has 36 heavy (non-hydrogen) atoms. The number of hydrogen-bond donors (Lipinski definition) is 1. The van der Waals surface area contributed by atoms with Gasteiger partial charge in [0.25, 0.3) is 17.5 Å². The molecule has 0 fully saturated rings. The van der Waals surface area contributed by atoms with Crippen molar-refractivity contribution >= 4 is 0 Å². The normalized spacial score (nSPS) is 11.7. The van der Waals surface area contributed by atoms with Gasteiger partial charge in [0.1, 0.15) is 5.75 Å². The summed E-state index contributed by atoms with van der Waals surface area (Å²) < 4.78 is 87.4. The fraction of sp³-hybridized carbons (Fsp3) is 0.304. The van der Waals surface area contributed by atoms with Crippen LogP contribution in [-0.2, 0) is 18.9 Å². The minimum atomic E-state index is -4.94. The number of alkyl halides is 6. The predicted octanol–water partition coefficient (Wildman–Crippen LogP) is 4.81. The first-order valence-electron chi connectivity index (χ1n) is 10.4. The van der Waals surface area contributed by atoms with Gasteiger partial charge < -0.3 is 9.72 Å². The van der Waals surface area contributed by atoms with E-state index in [-0.39, 0.29) is 16.7 Å². The molecule has 3 rings (SSSR count). The SMILES string of the molecule is CCc1ccc(Cn2cnc(C(F)(F)C(F)F)c(Oc3cc(C(F)F)cc(C#N)c3C)c2=O)c(=O)[nH]1. The van der Waals surface area contributed by atoms with Gasteiger partial charge >= 0.3 is 12.3 Å². The van der Waals surface area contributed by atoms with Gasteiger partial charge in [-0.3, -0.25) is 14.2 Å². The van der Waals surface area contributed by atoms with Crippen LogP contribution in [0.4, 0.5) is 26.3 Å². The molecular formula is C23H18F6N4O3. The molecule has 1 aromatic carbocycles. The van der Waals surface area contributed by atoms with E-state index >= 15 is 0 Å². The number of nitriles is 1. The van der Waals surface area contributed by atoms with E-state index < -0.39 is 59.2 Å². The average molecular weight is 512 g/mol. The second-order valence-electron chi connectivity index (χ2n) is 7.68. The van der Waals surface area contributed by atoms with Crippen molar-refractivity contribution < 1.29 is 31.1 Å². The number of nitrogens with zero attached hydrogens (tertiary/aromatic N) is 3. The summed E-state index contributed by atoms with van der Waals surface area (Å²) in [5, 5.41) is 9.22. The van der Waals surface area contributed by atoms with Gasteiger partial charge in [-0.2, -0.15) is 14.0 Å². The number of rotatable bonds is 8. The van der Waals surface area contributed by atoms with Gasteiger partial charge in [-0.15, -0.1) is 0 Å². The highest BCUT2D eigenvalue weighted by atomic mass is 19.3. The van der Waals surface area contributed by atoms with Crippen LogP contribution in [0.2, 0.25) is 0 Å². The number of pyridine rings is 1. The highest BCUT2D eigenvalue weighted by molar-refractivity contribution is 5.51. The Morgan fingerprint density at radius 3 is 2.44 bits per heavy atom. The molecule has 1 N–H and O–H groups in total. The first kappa shape index (κ1) is 26.5. The number of benzene rings is 1. The Kier molecular flexibility index (Phi) is 7.57. The molecule has 3 aromatic rings. The number of aryl methyl sites for hydroxylation is 1. The molecule has 2 aromatic heterocycles. The highest BCUT2D eigenvalue weighted by Crippen LogP contribution is 2.39. The van der Waals surface area contributed by atoms with Crippen LogP contribution in [0, 0.1) is 18.3 Å². The first-order valence-corrected chi connectivity index (χ1v) is 10.4. The topological polar surface area (TPSA) is 101 Å².